The Kier molecular flexibility index (Phi) is 4.90. The van der Waals surface area contributed by atoms with E-state index in [2.05, 4.69) is 31.2 Å². The highest BCUT2D eigenvalue weighted by molar-refractivity contribution is 5.76. The number of aryl methyl sites for hydroxylation is 1. The molecule has 8 nitrogen and oxygen atoms in total. The molecular weight excluding hydrogens is 308 g/mol. The summed E-state index contributed by atoms with van der Waals surface area (Å²) in [7, 11) is 0. The molecule has 0 aliphatic carbocycles. The van der Waals surface area contributed by atoms with Gasteiger partial charge in [0, 0.05) is 58.8 Å². The Balaban J connectivity index is 1.38. The summed E-state index contributed by atoms with van der Waals surface area (Å²) >= 11 is 0. The van der Waals surface area contributed by atoms with Gasteiger partial charge < -0.3 is 9.42 Å². The second-order valence-corrected chi connectivity index (χ2v) is 6.27. The number of nitrogens with zero attached hydrogens (tertiary/aromatic N) is 6. The lowest BCUT2D eigenvalue weighted by atomic mass is 10.0. The first-order valence-corrected chi connectivity index (χ1v) is 8.27. The van der Waals surface area contributed by atoms with Gasteiger partial charge in [0.05, 0.1) is 6.54 Å². The molecule has 1 fully saturated rings. The van der Waals surface area contributed by atoms with Crippen molar-refractivity contribution in [2.24, 2.45) is 10.2 Å². The van der Waals surface area contributed by atoms with Crippen LogP contribution in [-0.2, 0) is 11.3 Å². The molecule has 1 saturated heterocycles. The van der Waals surface area contributed by atoms with Crippen molar-refractivity contribution >= 4 is 5.91 Å². The number of rotatable bonds is 7. The zero-order valence-electron chi connectivity index (χ0n) is 13.9. The fourth-order valence-corrected chi connectivity index (χ4v) is 2.89. The topological polar surface area (TPSA) is 87.2 Å². The first-order valence-electron chi connectivity index (χ1n) is 8.27. The van der Waals surface area contributed by atoms with Gasteiger partial charge in [0.25, 0.3) is 0 Å². The minimum absolute atomic E-state index is 0.169. The molecule has 1 aromatic rings. The standard InChI is InChI=1S/C16H22N6O2/c1-3-4-6-16(19-20-16)7-5-15(23)22-10-8-21(9-11-22)12-14-17-13(2)24-18-14/h1H,4-12H2,2H3. The quantitative estimate of drug-likeness (QED) is 0.705. The van der Waals surface area contributed by atoms with E-state index in [1.54, 1.807) is 6.92 Å². The van der Waals surface area contributed by atoms with Crippen LogP contribution in [0.2, 0.25) is 0 Å². The molecule has 3 rings (SSSR count). The highest BCUT2D eigenvalue weighted by Gasteiger charge is 2.39. The third-order valence-corrected chi connectivity index (χ3v) is 4.45. The van der Waals surface area contributed by atoms with E-state index in [0.717, 1.165) is 32.6 Å². The number of hydrogen-bond acceptors (Lipinski definition) is 7. The van der Waals surface area contributed by atoms with Crippen LogP contribution in [0.5, 0.6) is 0 Å². The predicted octanol–water partition coefficient (Wildman–Crippen LogP) is 1.38. The molecule has 0 atom stereocenters. The minimum Gasteiger partial charge on any atom is -0.340 e. The van der Waals surface area contributed by atoms with Crippen molar-refractivity contribution in [1.29, 1.82) is 0 Å². The Morgan fingerprint density at radius 1 is 1.29 bits per heavy atom. The largest absolute Gasteiger partial charge is 0.340 e. The van der Waals surface area contributed by atoms with Crippen LogP contribution in [-0.4, -0.2) is 57.7 Å². The van der Waals surface area contributed by atoms with Crippen LogP contribution in [0.25, 0.3) is 0 Å². The van der Waals surface area contributed by atoms with Gasteiger partial charge in [-0.2, -0.15) is 15.2 Å². The van der Waals surface area contributed by atoms with Crippen molar-refractivity contribution in [3.05, 3.63) is 11.7 Å². The average Bonchev–Trinajstić information content (AvgIpc) is 3.26. The first-order chi connectivity index (χ1) is 11.6. The molecule has 1 amide bonds. The molecular formula is C16H22N6O2. The third-order valence-electron chi connectivity index (χ3n) is 4.45. The average molecular weight is 330 g/mol. The van der Waals surface area contributed by atoms with Gasteiger partial charge >= 0.3 is 0 Å². The lowest BCUT2D eigenvalue weighted by Crippen LogP contribution is -2.48. The van der Waals surface area contributed by atoms with Crippen molar-refractivity contribution in [2.45, 2.75) is 44.8 Å². The predicted molar refractivity (Wildman–Crippen MR) is 85.8 cm³/mol. The molecule has 0 N–H and O–H groups in total. The second kappa shape index (κ2) is 7.09. The molecule has 2 aliphatic rings. The molecule has 0 radical (unpaired) electrons. The fourth-order valence-electron chi connectivity index (χ4n) is 2.89. The maximum Gasteiger partial charge on any atom is 0.223 e. The van der Waals surface area contributed by atoms with Gasteiger partial charge in [0.2, 0.25) is 11.8 Å². The van der Waals surface area contributed by atoms with E-state index in [-0.39, 0.29) is 11.6 Å². The monoisotopic (exact) mass is 330 g/mol. The molecule has 0 unspecified atom stereocenters. The zero-order chi connectivity index (χ0) is 17.0. The molecule has 3 heterocycles. The van der Waals surface area contributed by atoms with Crippen molar-refractivity contribution in [3.63, 3.8) is 0 Å². The van der Waals surface area contributed by atoms with E-state index >= 15 is 0 Å². The summed E-state index contributed by atoms with van der Waals surface area (Å²) in [5.41, 5.74) is -0.375. The third kappa shape index (κ3) is 4.17. The van der Waals surface area contributed by atoms with E-state index in [1.807, 2.05) is 4.90 Å². The second-order valence-electron chi connectivity index (χ2n) is 6.27. The van der Waals surface area contributed by atoms with Gasteiger partial charge in [0.15, 0.2) is 11.5 Å². The van der Waals surface area contributed by atoms with Gasteiger partial charge in [-0.3, -0.25) is 9.69 Å². The van der Waals surface area contributed by atoms with Crippen LogP contribution in [0.4, 0.5) is 0 Å². The highest BCUT2D eigenvalue weighted by atomic mass is 16.5. The lowest BCUT2D eigenvalue weighted by molar-refractivity contribution is -0.133. The number of aromatic nitrogens is 2. The van der Waals surface area contributed by atoms with E-state index < -0.39 is 0 Å². The number of piperazine rings is 1. The summed E-state index contributed by atoms with van der Waals surface area (Å²) in [5.74, 6) is 4.04. The normalized spacial score (nSPS) is 19.2. The van der Waals surface area contributed by atoms with E-state index in [0.29, 0.717) is 37.5 Å². The highest BCUT2D eigenvalue weighted by Crippen LogP contribution is 2.37. The lowest BCUT2D eigenvalue weighted by Gasteiger charge is -2.34. The number of carbonyl (C=O) groups excluding carboxylic acids is 1. The maximum absolute atomic E-state index is 12.4. The molecule has 24 heavy (non-hydrogen) atoms. The molecule has 0 aromatic carbocycles. The van der Waals surface area contributed by atoms with Crippen LogP contribution < -0.4 is 0 Å². The number of amides is 1. The van der Waals surface area contributed by atoms with Crippen molar-refractivity contribution < 1.29 is 9.32 Å². The summed E-state index contributed by atoms with van der Waals surface area (Å²) < 4.78 is 4.98. The smallest absolute Gasteiger partial charge is 0.223 e. The summed E-state index contributed by atoms with van der Waals surface area (Å²) in [6.45, 7) is 5.52. The van der Waals surface area contributed by atoms with Crippen LogP contribution >= 0.6 is 0 Å². The Morgan fingerprint density at radius 2 is 2.04 bits per heavy atom. The Labute approximate surface area is 141 Å². The van der Waals surface area contributed by atoms with Crippen LogP contribution in [0.3, 0.4) is 0 Å². The molecule has 8 heteroatoms. The first kappa shape index (κ1) is 16.6. The van der Waals surface area contributed by atoms with Gasteiger partial charge in [-0.25, -0.2) is 0 Å². The number of hydrogen-bond donors (Lipinski definition) is 0. The minimum atomic E-state index is -0.375. The Bertz CT molecular complexity index is 648. The summed E-state index contributed by atoms with van der Waals surface area (Å²) in [6.07, 6.45) is 7.81. The van der Waals surface area contributed by atoms with E-state index in [1.165, 1.54) is 0 Å². The maximum atomic E-state index is 12.4. The summed E-state index contributed by atoms with van der Waals surface area (Å²) in [4.78, 5) is 20.7. The fraction of sp³-hybridized carbons (Fsp3) is 0.688. The van der Waals surface area contributed by atoms with Gasteiger partial charge in [-0.1, -0.05) is 5.16 Å². The molecule has 0 bridgehead atoms. The Morgan fingerprint density at radius 3 is 2.62 bits per heavy atom. The van der Waals surface area contributed by atoms with Crippen molar-refractivity contribution in [2.75, 3.05) is 26.2 Å². The molecule has 128 valence electrons. The van der Waals surface area contributed by atoms with Gasteiger partial charge in [-0.15, -0.1) is 12.3 Å². The molecule has 1 aromatic heterocycles. The van der Waals surface area contributed by atoms with Crippen molar-refractivity contribution in [3.8, 4) is 12.3 Å². The summed E-state index contributed by atoms with van der Waals surface area (Å²) in [5, 5.41) is 12.1. The summed E-state index contributed by atoms with van der Waals surface area (Å²) in [6, 6.07) is 0. The van der Waals surface area contributed by atoms with E-state index in [4.69, 9.17) is 10.9 Å². The number of carbonyl (C=O) groups is 1. The van der Waals surface area contributed by atoms with Crippen LogP contribution in [0.15, 0.2) is 14.8 Å². The van der Waals surface area contributed by atoms with Gasteiger partial charge in [-0.05, 0) is 0 Å². The molecule has 0 spiro atoms. The number of terminal acetylenes is 1. The van der Waals surface area contributed by atoms with Crippen molar-refractivity contribution in [1.82, 2.24) is 19.9 Å². The van der Waals surface area contributed by atoms with Crippen LogP contribution in [0, 0.1) is 19.3 Å². The SMILES string of the molecule is C#CCCC1(CCC(=O)N2CCN(Cc3noc(C)n3)CC2)N=N1. The van der Waals surface area contributed by atoms with Gasteiger partial charge in [0.1, 0.15) is 0 Å². The molecule has 2 aliphatic heterocycles. The van der Waals surface area contributed by atoms with Crippen LogP contribution in [0.1, 0.15) is 37.4 Å². The molecule has 0 saturated carbocycles. The van der Waals surface area contributed by atoms with E-state index in [9.17, 15) is 4.79 Å². The zero-order valence-corrected chi connectivity index (χ0v) is 13.9. The Hall–Kier alpha value is -2.27.